The standard InChI is InChI=1S/C26H26F3N5O4S2/c1-40(37,38)19-4-2-17(21(14-19)26(27,28)29)13-20(16-3-5-22-18(12-16)15-30-32-22)23-24(36)31-25(39-23)34-8-6-33(7-9-34)10-11-35/h2-5,12,14-15,35H,6-11,13H2,1H3,(H,30,32). The summed E-state index contributed by atoms with van der Waals surface area (Å²) in [7, 11) is -3.87. The monoisotopic (exact) mass is 593 g/mol. The Balaban J connectivity index is 1.55. The molecule has 0 atom stereocenters. The number of carbonyl (C=O) groups is 1. The Bertz CT molecular complexity index is 1620. The number of rotatable bonds is 6. The van der Waals surface area contributed by atoms with Crippen LogP contribution in [0.1, 0.15) is 16.7 Å². The van der Waals surface area contributed by atoms with Crippen LogP contribution in [0.15, 0.2) is 57.4 Å². The maximum absolute atomic E-state index is 14.1. The number of hydrogen-bond donors (Lipinski definition) is 2. The first-order valence-corrected chi connectivity index (χ1v) is 15.1. The molecule has 9 nitrogen and oxygen atoms in total. The zero-order valence-corrected chi connectivity index (χ0v) is 23.0. The lowest BCUT2D eigenvalue weighted by molar-refractivity contribution is -0.138. The van der Waals surface area contributed by atoms with Crippen molar-refractivity contribution in [3.63, 3.8) is 0 Å². The Morgan fingerprint density at radius 1 is 1.12 bits per heavy atom. The first kappa shape index (κ1) is 28.3. The molecule has 0 spiro atoms. The maximum Gasteiger partial charge on any atom is 0.416 e. The van der Waals surface area contributed by atoms with E-state index in [4.69, 9.17) is 0 Å². The predicted octanol–water partition coefficient (Wildman–Crippen LogP) is 3.18. The number of nitrogens with one attached hydrogen (secondary N) is 1. The number of nitrogens with zero attached hydrogens (tertiary/aromatic N) is 4. The third-order valence-corrected chi connectivity index (χ3v) is 9.16. The Hall–Kier alpha value is -3.20. The number of aromatic amines is 1. The van der Waals surface area contributed by atoms with Gasteiger partial charge in [0.1, 0.15) is 0 Å². The molecular formula is C26H26F3N5O4S2. The van der Waals surface area contributed by atoms with Gasteiger partial charge in [0.15, 0.2) is 15.0 Å². The number of piperazine rings is 1. The van der Waals surface area contributed by atoms with Crippen molar-refractivity contribution in [2.75, 3.05) is 45.6 Å². The van der Waals surface area contributed by atoms with Gasteiger partial charge < -0.3 is 10.0 Å². The van der Waals surface area contributed by atoms with Crippen LogP contribution >= 0.6 is 11.8 Å². The fourth-order valence-electron chi connectivity index (χ4n) is 4.76. The van der Waals surface area contributed by atoms with E-state index in [1.165, 1.54) is 0 Å². The number of sulfone groups is 1. The van der Waals surface area contributed by atoms with Gasteiger partial charge >= 0.3 is 6.18 Å². The number of H-pyrrole nitrogens is 1. The lowest BCUT2D eigenvalue weighted by Gasteiger charge is -2.34. The molecule has 1 amide bonds. The number of aliphatic imine (C=N–C) groups is 1. The van der Waals surface area contributed by atoms with Gasteiger partial charge in [-0.3, -0.25) is 14.8 Å². The average molecular weight is 594 g/mol. The number of amidine groups is 1. The molecule has 3 heterocycles. The maximum atomic E-state index is 14.1. The second-order valence-electron chi connectivity index (χ2n) is 9.60. The van der Waals surface area contributed by atoms with E-state index in [0.717, 1.165) is 41.1 Å². The zero-order chi connectivity index (χ0) is 28.7. The second kappa shape index (κ2) is 11.0. The Kier molecular flexibility index (Phi) is 7.79. The molecule has 5 rings (SSSR count). The van der Waals surface area contributed by atoms with Crippen LogP contribution in [0, 0.1) is 0 Å². The predicted molar refractivity (Wildman–Crippen MR) is 146 cm³/mol. The van der Waals surface area contributed by atoms with Gasteiger partial charge in [0.05, 0.1) is 33.7 Å². The molecule has 2 aliphatic heterocycles. The second-order valence-corrected chi connectivity index (χ2v) is 12.6. The van der Waals surface area contributed by atoms with Gasteiger partial charge in [0, 0.05) is 44.4 Å². The number of carbonyl (C=O) groups excluding carboxylic acids is 1. The first-order valence-electron chi connectivity index (χ1n) is 12.4. The van der Waals surface area contributed by atoms with Gasteiger partial charge in [-0.15, -0.1) is 0 Å². The molecule has 1 fully saturated rings. The molecule has 0 aliphatic carbocycles. The highest BCUT2D eigenvalue weighted by Crippen LogP contribution is 2.40. The van der Waals surface area contributed by atoms with Crippen molar-refractivity contribution in [2.24, 2.45) is 4.99 Å². The number of hydrogen-bond acceptors (Lipinski definition) is 8. The number of aliphatic hydroxyl groups excluding tert-OH is 1. The molecule has 2 aromatic carbocycles. The van der Waals surface area contributed by atoms with E-state index >= 15 is 0 Å². The highest BCUT2D eigenvalue weighted by atomic mass is 32.2. The number of aliphatic hydroxyl groups is 1. The average Bonchev–Trinajstić information content (AvgIpc) is 3.53. The van der Waals surface area contributed by atoms with Gasteiger partial charge in [0.25, 0.3) is 5.91 Å². The number of alkyl halides is 3. The largest absolute Gasteiger partial charge is 0.416 e. The number of halogens is 3. The summed E-state index contributed by atoms with van der Waals surface area (Å²) in [6.07, 6.45) is -2.65. The fraction of sp³-hybridized carbons (Fsp3) is 0.346. The number of allylic oxidation sites excluding steroid dienone is 1. The van der Waals surface area contributed by atoms with Crippen LogP contribution in [0.5, 0.6) is 0 Å². The van der Waals surface area contributed by atoms with Crippen LogP contribution in [0.4, 0.5) is 13.2 Å². The lowest BCUT2D eigenvalue weighted by atomic mass is 9.93. The zero-order valence-electron chi connectivity index (χ0n) is 21.4. The van der Waals surface area contributed by atoms with Gasteiger partial charge in [-0.2, -0.15) is 23.3 Å². The van der Waals surface area contributed by atoms with E-state index in [0.29, 0.717) is 55.1 Å². The van der Waals surface area contributed by atoms with Crippen molar-refractivity contribution in [1.82, 2.24) is 20.0 Å². The highest BCUT2D eigenvalue weighted by molar-refractivity contribution is 8.18. The molecule has 3 aromatic rings. The summed E-state index contributed by atoms with van der Waals surface area (Å²) in [4.78, 5) is 21.3. The lowest BCUT2D eigenvalue weighted by Crippen LogP contribution is -2.48. The molecule has 1 aromatic heterocycles. The smallest absolute Gasteiger partial charge is 0.395 e. The van der Waals surface area contributed by atoms with Crippen molar-refractivity contribution < 1.29 is 31.5 Å². The topological polar surface area (TPSA) is 119 Å². The third kappa shape index (κ3) is 5.94. The first-order chi connectivity index (χ1) is 18.9. The van der Waals surface area contributed by atoms with Gasteiger partial charge in [0.2, 0.25) is 0 Å². The molecule has 14 heteroatoms. The number of aromatic nitrogens is 2. The number of β-amino-alcohol motifs (C(OH)–C–C–N with tert-alkyl or cyclic N) is 1. The summed E-state index contributed by atoms with van der Waals surface area (Å²) in [5.41, 5.74) is 0.385. The van der Waals surface area contributed by atoms with Crippen LogP contribution in [0.3, 0.4) is 0 Å². The number of fused-ring (bicyclic) bond motifs is 1. The third-order valence-electron chi connectivity index (χ3n) is 6.89. The molecule has 212 valence electrons. The minimum Gasteiger partial charge on any atom is -0.395 e. The minimum atomic E-state index is -4.82. The summed E-state index contributed by atoms with van der Waals surface area (Å²) in [6, 6.07) is 8.14. The van der Waals surface area contributed by atoms with Crippen molar-refractivity contribution in [1.29, 1.82) is 0 Å². The SMILES string of the molecule is CS(=O)(=O)c1ccc(CC(=C2SC(N3CCN(CCO)CC3)=NC2=O)c2ccc3[nH]ncc3c2)c(C(F)(F)F)c1. The van der Waals surface area contributed by atoms with Crippen molar-refractivity contribution in [3.05, 3.63) is 64.2 Å². The van der Waals surface area contributed by atoms with Crippen molar-refractivity contribution in [3.8, 4) is 0 Å². The van der Waals surface area contributed by atoms with Crippen molar-refractivity contribution >= 4 is 49.1 Å². The normalized spacial score (nSPS) is 18.5. The summed E-state index contributed by atoms with van der Waals surface area (Å²) in [5, 5.41) is 17.2. The molecule has 0 unspecified atom stereocenters. The summed E-state index contributed by atoms with van der Waals surface area (Å²) in [6.45, 7) is 3.15. The van der Waals surface area contributed by atoms with Crippen LogP contribution in [0.25, 0.3) is 16.5 Å². The van der Waals surface area contributed by atoms with E-state index in [1.807, 2.05) is 4.90 Å². The van der Waals surface area contributed by atoms with Gasteiger partial charge in [-0.25, -0.2) is 8.42 Å². The fourth-order valence-corrected chi connectivity index (χ4v) is 6.48. The number of thioether (sulfide) groups is 1. The van der Waals surface area contributed by atoms with Crippen LogP contribution in [-0.4, -0.2) is 90.2 Å². The van der Waals surface area contributed by atoms with E-state index in [9.17, 15) is 31.5 Å². The van der Waals surface area contributed by atoms with E-state index in [-0.39, 0.29) is 23.5 Å². The summed E-state index contributed by atoms with van der Waals surface area (Å²) in [5.74, 6) is -0.540. The van der Waals surface area contributed by atoms with Crippen LogP contribution in [0.2, 0.25) is 0 Å². The highest BCUT2D eigenvalue weighted by Gasteiger charge is 2.36. The van der Waals surface area contributed by atoms with Crippen LogP contribution in [-0.2, 0) is 27.2 Å². The molecule has 1 saturated heterocycles. The molecule has 2 aliphatic rings. The summed E-state index contributed by atoms with van der Waals surface area (Å²) < 4.78 is 66.4. The van der Waals surface area contributed by atoms with Crippen LogP contribution < -0.4 is 0 Å². The number of benzene rings is 2. The molecule has 0 radical (unpaired) electrons. The molecule has 2 N–H and O–H groups in total. The quantitative estimate of drug-likeness (QED) is 0.419. The van der Waals surface area contributed by atoms with Gasteiger partial charge in [-0.05, 0) is 59.1 Å². The number of amides is 1. The molecule has 0 bridgehead atoms. The molecule has 0 saturated carbocycles. The Morgan fingerprint density at radius 3 is 2.55 bits per heavy atom. The Labute approximate surface area is 232 Å². The van der Waals surface area contributed by atoms with E-state index in [1.54, 1.807) is 24.4 Å². The molecule has 40 heavy (non-hydrogen) atoms. The summed E-state index contributed by atoms with van der Waals surface area (Å²) >= 11 is 1.13. The minimum absolute atomic E-state index is 0.0521. The Morgan fingerprint density at radius 2 is 1.88 bits per heavy atom. The van der Waals surface area contributed by atoms with E-state index < -0.39 is 32.4 Å². The molecular weight excluding hydrogens is 567 g/mol. The van der Waals surface area contributed by atoms with Crippen molar-refractivity contribution in [2.45, 2.75) is 17.5 Å². The van der Waals surface area contributed by atoms with Gasteiger partial charge in [-0.1, -0.05) is 12.1 Å². The van der Waals surface area contributed by atoms with E-state index in [2.05, 4.69) is 20.1 Å².